The van der Waals surface area contributed by atoms with Crippen molar-refractivity contribution < 1.29 is 19.1 Å². The van der Waals surface area contributed by atoms with Gasteiger partial charge in [-0.2, -0.15) is 0 Å². The fourth-order valence-electron chi connectivity index (χ4n) is 2.48. The van der Waals surface area contributed by atoms with Crippen molar-refractivity contribution in [2.75, 3.05) is 19.7 Å². The van der Waals surface area contributed by atoms with Crippen molar-refractivity contribution in [2.45, 2.75) is 26.2 Å². The van der Waals surface area contributed by atoms with E-state index in [0.717, 1.165) is 5.56 Å². The topological polar surface area (TPSA) is 76.6 Å². The third kappa shape index (κ3) is 4.13. The molecule has 2 heterocycles. The zero-order valence-corrected chi connectivity index (χ0v) is 12.7. The van der Waals surface area contributed by atoms with E-state index in [-0.39, 0.29) is 24.8 Å². The van der Waals surface area contributed by atoms with E-state index in [1.54, 1.807) is 19.3 Å². The Hall–Kier alpha value is -2.24. The molecule has 0 spiro atoms. The molecule has 1 aromatic heterocycles. The molecule has 1 fully saturated rings. The second-order valence-electron chi connectivity index (χ2n) is 5.24. The molecule has 2 rings (SSSR count). The number of rotatable bonds is 5. The van der Waals surface area contributed by atoms with Gasteiger partial charge in [-0.3, -0.25) is 19.4 Å². The molecule has 1 aliphatic heterocycles. The van der Waals surface area contributed by atoms with Gasteiger partial charge < -0.3 is 9.64 Å². The monoisotopic (exact) mass is 304 g/mol. The molecule has 0 bridgehead atoms. The Balaban J connectivity index is 1.83. The Kier molecular flexibility index (Phi) is 5.63. The number of Topliss-reactive ketones (excluding diaryl/α,β-unsaturated/α-hetero) is 1. The van der Waals surface area contributed by atoms with Crippen LogP contribution in [0.1, 0.15) is 25.3 Å². The number of aryl methyl sites for hydroxylation is 1. The lowest BCUT2D eigenvalue weighted by Gasteiger charge is -2.29. The number of hydrogen-bond acceptors (Lipinski definition) is 5. The van der Waals surface area contributed by atoms with Crippen LogP contribution in [-0.2, 0) is 25.5 Å². The van der Waals surface area contributed by atoms with Crippen LogP contribution in [0.15, 0.2) is 24.5 Å². The molecule has 0 radical (unpaired) electrons. The molecule has 1 saturated heterocycles. The standard InChI is InChI=1S/C16H20N2O4/c1-2-22-16(21)13-7-9-18(11-14(13)19)15(20)6-5-12-4-3-8-17-10-12/h3-4,8,10,13H,2,5-7,9,11H2,1H3. The zero-order chi connectivity index (χ0) is 15.9. The van der Waals surface area contributed by atoms with Gasteiger partial charge in [0, 0.05) is 25.4 Å². The van der Waals surface area contributed by atoms with E-state index in [2.05, 4.69) is 4.98 Å². The Bertz CT molecular complexity index is 544. The van der Waals surface area contributed by atoms with E-state index in [1.807, 2.05) is 12.1 Å². The molecule has 6 heteroatoms. The summed E-state index contributed by atoms with van der Waals surface area (Å²) in [5.74, 6) is -1.50. The molecule has 1 aromatic rings. The van der Waals surface area contributed by atoms with Gasteiger partial charge in [0.15, 0.2) is 5.78 Å². The van der Waals surface area contributed by atoms with Crippen LogP contribution in [0.25, 0.3) is 0 Å². The third-order valence-electron chi connectivity index (χ3n) is 3.70. The summed E-state index contributed by atoms with van der Waals surface area (Å²) in [4.78, 5) is 41.3. The smallest absolute Gasteiger partial charge is 0.316 e. The summed E-state index contributed by atoms with van der Waals surface area (Å²) < 4.78 is 4.88. The second-order valence-corrected chi connectivity index (χ2v) is 5.24. The van der Waals surface area contributed by atoms with Crippen LogP contribution in [0, 0.1) is 5.92 Å². The van der Waals surface area contributed by atoms with Crippen LogP contribution < -0.4 is 0 Å². The van der Waals surface area contributed by atoms with Crippen molar-refractivity contribution in [1.29, 1.82) is 0 Å². The van der Waals surface area contributed by atoms with Gasteiger partial charge in [0.2, 0.25) is 5.91 Å². The number of esters is 1. The van der Waals surface area contributed by atoms with Gasteiger partial charge in [-0.25, -0.2) is 0 Å². The summed E-state index contributed by atoms with van der Waals surface area (Å²) in [6.07, 6.45) is 4.69. The first-order valence-electron chi connectivity index (χ1n) is 7.48. The first-order chi connectivity index (χ1) is 10.6. The molecule has 0 saturated carbocycles. The van der Waals surface area contributed by atoms with Crippen LogP contribution >= 0.6 is 0 Å². The van der Waals surface area contributed by atoms with Gasteiger partial charge in [0.05, 0.1) is 13.2 Å². The lowest BCUT2D eigenvalue weighted by atomic mass is 9.95. The number of carbonyl (C=O) groups excluding carboxylic acids is 3. The maximum Gasteiger partial charge on any atom is 0.316 e. The molecule has 0 N–H and O–H groups in total. The van der Waals surface area contributed by atoms with Crippen LogP contribution in [0.3, 0.4) is 0 Å². The molecule has 1 amide bonds. The van der Waals surface area contributed by atoms with Crippen molar-refractivity contribution in [1.82, 2.24) is 9.88 Å². The van der Waals surface area contributed by atoms with Gasteiger partial charge in [-0.1, -0.05) is 6.07 Å². The number of aromatic nitrogens is 1. The number of likely N-dealkylation sites (tertiary alicyclic amines) is 1. The lowest BCUT2D eigenvalue weighted by molar-refractivity contribution is -0.156. The number of amides is 1. The predicted molar refractivity (Wildman–Crippen MR) is 78.9 cm³/mol. The number of pyridine rings is 1. The van der Waals surface area contributed by atoms with Crippen LogP contribution in [0.2, 0.25) is 0 Å². The molecule has 22 heavy (non-hydrogen) atoms. The highest BCUT2D eigenvalue weighted by Gasteiger charge is 2.34. The summed E-state index contributed by atoms with van der Waals surface area (Å²) >= 11 is 0. The Morgan fingerprint density at radius 1 is 1.45 bits per heavy atom. The van der Waals surface area contributed by atoms with Gasteiger partial charge in [0.25, 0.3) is 0 Å². The highest BCUT2D eigenvalue weighted by atomic mass is 16.5. The Labute approximate surface area is 129 Å². The number of piperidine rings is 1. The quantitative estimate of drug-likeness (QED) is 0.599. The van der Waals surface area contributed by atoms with Crippen LogP contribution in [0.5, 0.6) is 0 Å². The molecule has 6 nitrogen and oxygen atoms in total. The van der Waals surface area contributed by atoms with E-state index in [1.165, 1.54) is 4.90 Å². The number of hydrogen-bond donors (Lipinski definition) is 0. The molecule has 0 aromatic carbocycles. The summed E-state index contributed by atoms with van der Waals surface area (Å²) in [6.45, 7) is 2.38. The van der Waals surface area contributed by atoms with E-state index < -0.39 is 11.9 Å². The van der Waals surface area contributed by atoms with Gasteiger partial charge in [-0.15, -0.1) is 0 Å². The maximum absolute atomic E-state index is 12.2. The number of nitrogens with zero attached hydrogens (tertiary/aromatic N) is 2. The van der Waals surface area contributed by atoms with Gasteiger partial charge >= 0.3 is 5.97 Å². The van der Waals surface area contributed by atoms with Gasteiger partial charge in [0.1, 0.15) is 5.92 Å². The zero-order valence-electron chi connectivity index (χ0n) is 12.7. The molecule has 0 aliphatic carbocycles. The van der Waals surface area contributed by atoms with E-state index in [4.69, 9.17) is 4.74 Å². The third-order valence-corrected chi connectivity index (χ3v) is 3.70. The van der Waals surface area contributed by atoms with E-state index in [9.17, 15) is 14.4 Å². The van der Waals surface area contributed by atoms with Crippen molar-refractivity contribution in [3.05, 3.63) is 30.1 Å². The first kappa shape index (κ1) is 16.1. The molecular weight excluding hydrogens is 284 g/mol. The van der Waals surface area contributed by atoms with Crippen LogP contribution in [0.4, 0.5) is 0 Å². The maximum atomic E-state index is 12.2. The predicted octanol–water partition coefficient (Wildman–Crippen LogP) is 0.995. The largest absolute Gasteiger partial charge is 0.465 e. The molecular formula is C16H20N2O4. The van der Waals surface area contributed by atoms with Crippen molar-refractivity contribution in [2.24, 2.45) is 5.92 Å². The molecule has 1 atom stereocenters. The minimum Gasteiger partial charge on any atom is -0.465 e. The first-order valence-corrected chi connectivity index (χ1v) is 7.48. The molecule has 118 valence electrons. The SMILES string of the molecule is CCOC(=O)C1CCN(C(=O)CCc2cccnc2)CC1=O. The molecule has 1 unspecified atom stereocenters. The average molecular weight is 304 g/mol. The summed E-state index contributed by atoms with van der Waals surface area (Å²) in [5.41, 5.74) is 0.989. The minimum atomic E-state index is -0.720. The van der Waals surface area contributed by atoms with E-state index >= 15 is 0 Å². The average Bonchev–Trinajstić information content (AvgIpc) is 2.53. The van der Waals surface area contributed by atoms with Crippen molar-refractivity contribution in [3.8, 4) is 0 Å². The highest BCUT2D eigenvalue weighted by molar-refractivity contribution is 6.01. The normalized spacial score (nSPS) is 18.1. The fourth-order valence-corrected chi connectivity index (χ4v) is 2.48. The number of carbonyl (C=O) groups is 3. The van der Waals surface area contributed by atoms with Crippen molar-refractivity contribution >= 4 is 17.7 Å². The van der Waals surface area contributed by atoms with Gasteiger partial charge in [-0.05, 0) is 31.4 Å². The van der Waals surface area contributed by atoms with Crippen LogP contribution in [-0.4, -0.2) is 47.2 Å². The second kappa shape index (κ2) is 7.68. The Morgan fingerprint density at radius 2 is 2.27 bits per heavy atom. The molecule has 1 aliphatic rings. The van der Waals surface area contributed by atoms with E-state index in [0.29, 0.717) is 25.8 Å². The highest BCUT2D eigenvalue weighted by Crippen LogP contribution is 2.17. The fraction of sp³-hybridized carbons (Fsp3) is 0.500. The lowest BCUT2D eigenvalue weighted by Crippen LogP contribution is -2.46. The van der Waals surface area contributed by atoms with Crippen molar-refractivity contribution in [3.63, 3.8) is 0 Å². The summed E-state index contributed by atoms with van der Waals surface area (Å²) in [7, 11) is 0. The minimum absolute atomic E-state index is 0.00461. The number of ketones is 1. The Morgan fingerprint density at radius 3 is 2.91 bits per heavy atom. The summed E-state index contributed by atoms with van der Waals surface area (Å²) in [6, 6.07) is 3.74. The number of ether oxygens (including phenoxy) is 1. The summed E-state index contributed by atoms with van der Waals surface area (Å²) in [5, 5.41) is 0.